The second kappa shape index (κ2) is 4.77. The molecule has 2 aromatic carbocycles. The van der Waals surface area contributed by atoms with E-state index in [1.807, 2.05) is 36.4 Å². The van der Waals surface area contributed by atoms with Crippen molar-refractivity contribution in [2.24, 2.45) is 5.73 Å². The number of ether oxygens (including phenoxy) is 1. The van der Waals surface area contributed by atoms with Crippen molar-refractivity contribution >= 4 is 16.7 Å². The molecule has 16 heavy (non-hydrogen) atoms. The summed E-state index contributed by atoms with van der Waals surface area (Å²) in [4.78, 5) is 11.6. The molecule has 0 saturated carbocycles. The highest BCUT2D eigenvalue weighted by Gasteiger charge is 2.06. The van der Waals surface area contributed by atoms with Crippen molar-refractivity contribution in [3.63, 3.8) is 0 Å². The fourth-order valence-corrected chi connectivity index (χ4v) is 1.55. The van der Waals surface area contributed by atoms with Crippen molar-refractivity contribution < 1.29 is 9.53 Å². The predicted molar refractivity (Wildman–Crippen MR) is 63.3 cm³/mol. The van der Waals surface area contributed by atoms with Crippen LogP contribution in [0.2, 0.25) is 0 Å². The highest BCUT2D eigenvalue weighted by molar-refractivity contribution is 5.95. The number of esters is 1. The lowest BCUT2D eigenvalue weighted by molar-refractivity contribution is 0.0517. The van der Waals surface area contributed by atoms with Crippen LogP contribution < -0.4 is 5.73 Å². The Hall–Kier alpha value is -1.87. The maximum Gasteiger partial charge on any atom is 0.338 e. The van der Waals surface area contributed by atoms with E-state index in [1.54, 1.807) is 6.07 Å². The minimum Gasteiger partial charge on any atom is -0.461 e. The highest BCUT2D eigenvalue weighted by Crippen LogP contribution is 2.16. The Bertz CT molecular complexity index is 508. The summed E-state index contributed by atoms with van der Waals surface area (Å²) in [6.45, 7) is 0.602. The molecule has 0 amide bonds. The number of hydrogen-bond acceptors (Lipinski definition) is 3. The number of hydrogen-bond donors (Lipinski definition) is 1. The van der Waals surface area contributed by atoms with Gasteiger partial charge >= 0.3 is 5.97 Å². The summed E-state index contributed by atoms with van der Waals surface area (Å²) in [6, 6.07) is 13.4. The standard InChI is InChI=1S/C13H13NO2/c14-7-8-16-13(15)12-6-5-10-3-1-2-4-11(10)9-12/h1-6,9H,7-8,14H2. The van der Waals surface area contributed by atoms with Gasteiger partial charge in [0.15, 0.2) is 0 Å². The molecular formula is C13H13NO2. The first-order chi connectivity index (χ1) is 7.81. The number of carbonyl (C=O) groups excluding carboxylic acids is 1. The summed E-state index contributed by atoms with van der Waals surface area (Å²) in [7, 11) is 0. The summed E-state index contributed by atoms with van der Waals surface area (Å²) in [5.41, 5.74) is 5.83. The van der Waals surface area contributed by atoms with E-state index in [0.717, 1.165) is 10.8 Å². The Balaban J connectivity index is 2.28. The molecule has 0 saturated heterocycles. The van der Waals surface area contributed by atoms with Gasteiger partial charge in [-0.3, -0.25) is 0 Å². The molecule has 2 aromatic rings. The van der Waals surface area contributed by atoms with Crippen molar-refractivity contribution in [3.05, 3.63) is 48.0 Å². The van der Waals surface area contributed by atoms with Crippen molar-refractivity contribution in [3.8, 4) is 0 Å². The van der Waals surface area contributed by atoms with E-state index in [4.69, 9.17) is 10.5 Å². The molecule has 0 aliphatic rings. The van der Waals surface area contributed by atoms with Crippen LogP contribution in [0.25, 0.3) is 10.8 Å². The molecule has 2 rings (SSSR count). The fourth-order valence-electron chi connectivity index (χ4n) is 1.55. The lowest BCUT2D eigenvalue weighted by atomic mass is 10.1. The zero-order valence-electron chi connectivity index (χ0n) is 8.85. The molecule has 82 valence electrons. The van der Waals surface area contributed by atoms with Crippen LogP contribution in [-0.2, 0) is 4.74 Å². The third kappa shape index (κ3) is 2.20. The monoisotopic (exact) mass is 215 g/mol. The molecule has 0 unspecified atom stereocenters. The van der Waals surface area contributed by atoms with Gasteiger partial charge in [0.05, 0.1) is 5.56 Å². The van der Waals surface area contributed by atoms with Crippen molar-refractivity contribution in [1.29, 1.82) is 0 Å². The number of benzene rings is 2. The van der Waals surface area contributed by atoms with Crippen LogP contribution in [0.4, 0.5) is 0 Å². The van der Waals surface area contributed by atoms with Gasteiger partial charge in [0.1, 0.15) is 6.61 Å². The van der Waals surface area contributed by atoms with E-state index < -0.39 is 0 Å². The second-order valence-electron chi connectivity index (χ2n) is 3.49. The molecule has 0 fully saturated rings. The third-order valence-electron chi connectivity index (χ3n) is 2.34. The molecule has 2 N–H and O–H groups in total. The van der Waals surface area contributed by atoms with E-state index in [-0.39, 0.29) is 12.6 Å². The van der Waals surface area contributed by atoms with Crippen LogP contribution in [0.5, 0.6) is 0 Å². The zero-order chi connectivity index (χ0) is 11.4. The fraction of sp³-hybridized carbons (Fsp3) is 0.154. The van der Waals surface area contributed by atoms with Crippen LogP contribution in [0.3, 0.4) is 0 Å². The lowest BCUT2D eigenvalue weighted by Gasteiger charge is -2.04. The van der Waals surface area contributed by atoms with Crippen LogP contribution in [0, 0.1) is 0 Å². The Morgan fingerprint density at radius 3 is 2.62 bits per heavy atom. The predicted octanol–water partition coefficient (Wildman–Crippen LogP) is 1.96. The molecular weight excluding hydrogens is 202 g/mol. The van der Waals surface area contributed by atoms with Gasteiger partial charge in [-0.2, -0.15) is 0 Å². The van der Waals surface area contributed by atoms with E-state index in [9.17, 15) is 4.79 Å². The summed E-state index contributed by atoms with van der Waals surface area (Å²) >= 11 is 0. The number of rotatable bonds is 3. The smallest absolute Gasteiger partial charge is 0.338 e. The van der Waals surface area contributed by atoms with E-state index in [2.05, 4.69) is 0 Å². The van der Waals surface area contributed by atoms with Crippen molar-refractivity contribution in [2.75, 3.05) is 13.2 Å². The van der Waals surface area contributed by atoms with Crippen LogP contribution in [0.15, 0.2) is 42.5 Å². The molecule has 0 heterocycles. The first-order valence-electron chi connectivity index (χ1n) is 5.17. The van der Waals surface area contributed by atoms with Crippen LogP contribution in [-0.4, -0.2) is 19.1 Å². The van der Waals surface area contributed by atoms with Gasteiger partial charge in [0, 0.05) is 6.54 Å². The topological polar surface area (TPSA) is 52.3 Å². The zero-order valence-corrected chi connectivity index (χ0v) is 8.85. The van der Waals surface area contributed by atoms with Crippen molar-refractivity contribution in [1.82, 2.24) is 0 Å². The second-order valence-corrected chi connectivity index (χ2v) is 3.49. The molecule has 3 nitrogen and oxygen atoms in total. The lowest BCUT2D eigenvalue weighted by Crippen LogP contribution is -2.13. The van der Waals surface area contributed by atoms with Crippen LogP contribution >= 0.6 is 0 Å². The van der Waals surface area contributed by atoms with Gasteiger partial charge in [-0.25, -0.2) is 4.79 Å². The number of fused-ring (bicyclic) bond motifs is 1. The van der Waals surface area contributed by atoms with Gasteiger partial charge in [0.2, 0.25) is 0 Å². The average Bonchev–Trinajstić information content (AvgIpc) is 2.35. The third-order valence-corrected chi connectivity index (χ3v) is 2.34. The van der Waals surface area contributed by atoms with E-state index in [0.29, 0.717) is 12.1 Å². The summed E-state index contributed by atoms with van der Waals surface area (Å²) in [5.74, 6) is -0.323. The van der Waals surface area contributed by atoms with Gasteiger partial charge in [-0.05, 0) is 22.9 Å². The first-order valence-corrected chi connectivity index (χ1v) is 5.17. The van der Waals surface area contributed by atoms with Gasteiger partial charge in [-0.15, -0.1) is 0 Å². The Morgan fingerprint density at radius 2 is 1.88 bits per heavy atom. The van der Waals surface area contributed by atoms with Gasteiger partial charge in [0.25, 0.3) is 0 Å². The Kier molecular flexibility index (Phi) is 3.17. The first kappa shape index (κ1) is 10.6. The SMILES string of the molecule is NCCOC(=O)c1ccc2ccccc2c1. The van der Waals surface area contributed by atoms with Gasteiger partial charge in [-0.1, -0.05) is 30.3 Å². The average molecular weight is 215 g/mol. The number of carbonyl (C=O) groups is 1. The molecule has 0 radical (unpaired) electrons. The molecule has 0 spiro atoms. The van der Waals surface area contributed by atoms with E-state index >= 15 is 0 Å². The highest BCUT2D eigenvalue weighted by atomic mass is 16.5. The minimum absolute atomic E-state index is 0.256. The molecule has 0 bridgehead atoms. The molecule has 0 aromatic heterocycles. The normalized spacial score (nSPS) is 10.3. The summed E-state index contributed by atoms with van der Waals surface area (Å²) < 4.78 is 4.96. The summed E-state index contributed by atoms with van der Waals surface area (Å²) in [5, 5.41) is 2.14. The molecule has 0 aliphatic heterocycles. The Morgan fingerprint density at radius 1 is 1.12 bits per heavy atom. The largest absolute Gasteiger partial charge is 0.461 e. The quantitative estimate of drug-likeness (QED) is 0.796. The van der Waals surface area contributed by atoms with Crippen molar-refractivity contribution in [2.45, 2.75) is 0 Å². The van der Waals surface area contributed by atoms with Gasteiger partial charge < -0.3 is 10.5 Å². The summed E-state index contributed by atoms with van der Waals surface area (Å²) in [6.07, 6.45) is 0. The molecule has 3 heteroatoms. The molecule has 0 atom stereocenters. The van der Waals surface area contributed by atoms with E-state index in [1.165, 1.54) is 0 Å². The number of nitrogens with two attached hydrogens (primary N) is 1. The van der Waals surface area contributed by atoms with Crippen LogP contribution in [0.1, 0.15) is 10.4 Å². The minimum atomic E-state index is -0.323. The molecule has 0 aliphatic carbocycles. The maximum atomic E-state index is 11.6. The Labute approximate surface area is 93.8 Å². The maximum absolute atomic E-state index is 11.6.